The van der Waals surface area contributed by atoms with Gasteiger partial charge in [0.05, 0.1) is 12.5 Å². The van der Waals surface area contributed by atoms with Gasteiger partial charge < -0.3 is 19.9 Å². The Kier molecular flexibility index (Phi) is 11.3. The largest absolute Gasteiger partial charge is 0.466 e. The number of hydrogen-bond acceptors (Lipinski definition) is 7. The summed E-state index contributed by atoms with van der Waals surface area (Å²) < 4.78 is 5.20. The van der Waals surface area contributed by atoms with Gasteiger partial charge in [-0.15, -0.1) is 24.0 Å². The lowest BCUT2D eigenvalue weighted by atomic mass is 9.98. The summed E-state index contributed by atoms with van der Waals surface area (Å²) in [6.07, 6.45) is 6.52. The number of ether oxygens (including phenoxy) is 1. The highest BCUT2D eigenvalue weighted by atomic mass is 127. The van der Waals surface area contributed by atoms with Gasteiger partial charge in [-0.1, -0.05) is 0 Å². The first-order valence-electron chi connectivity index (χ1n) is 11.1. The van der Waals surface area contributed by atoms with Gasteiger partial charge >= 0.3 is 5.97 Å². The Morgan fingerprint density at radius 1 is 1.23 bits per heavy atom. The minimum Gasteiger partial charge on any atom is -0.466 e. The summed E-state index contributed by atoms with van der Waals surface area (Å²) in [4.78, 5) is 32.1. The molecular weight excluding hydrogens is 509 g/mol. The monoisotopic (exact) mass is 545 g/mol. The third kappa shape index (κ3) is 7.74. The van der Waals surface area contributed by atoms with E-state index in [1.165, 1.54) is 0 Å². The highest BCUT2D eigenvalue weighted by Gasteiger charge is 2.28. The van der Waals surface area contributed by atoms with Crippen molar-refractivity contribution in [2.45, 2.75) is 26.2 Å². The standard InChI is InChI=1S/C21H35N7O2.HI/c1-3-30-19(29)18-7-4-12-28(17-18)20(22-2)23-10-6-11-26-13-15-27(16-14-26)21-24-8-5-9-25-21;/h5,8-9,18H,3-4,6-7,10-17H2,1-2H3,(H,22,23);1H. The molecule has 0 aromatic carbocycles. The molecule has 9 nitrogen and oxygen atoms in total. The number of guanidine groups is 1. The number of nitrogens with one attached hydrogen (secondary N) is 1. The van der Waals surface area contributed by atoms with Crippen LogP contribution in [-0.4, -0.2) is 97.7 Å². The molecule has 3 heterocycles. The number of halogens is 1. The van der Waals surface area contributed by atoms with E-state index in [0.29, 0.717) is 13.2 Å². The summed E-state index contributed by atoms with van der Waals surface area (Å²) in [5, 5.41) is 3.47. The summed E-state index contributed by atoms with van der Waals surface area (Å²) in [5.41, 5.74) is 0. The number of carbonyl (C=O) groups is 1. The van der Waals surface area contributed by atoms with Crippen molar-refractivity contribution in [1.82, 2.24) is 25.1 Å². The maximum Gasteiger partial charge on any atom is 0.310 e. The fraction of sp³-hybridized carbons (Fsp3) is 0.714. The van der Waals surface area contributed by atoms with E-state index < -0.39 is 0 Å². The van der Waals surface area contributed by atoms with Crippen LogP contribution in [-0.2, 0) is 9.53 Å². The Labute approximate surface area is 202 Å². The van der Waals surface area contributed by atoms with E-state index >= 15 is 0 Å². The molecule has 0 bridgehead atoms. The van der Waals surface area contributed by atoms with E-state index in [1.54, 1.807) is 19.4 Å². The van der Waals surface area contributed by atoms with Crippen molar-refractivity contribution in [2.75, 3.05) is 70.9 Å². The molecule has 0 radical (unpaired) electrons. The molecule has 1 atom stereocenters. The SMILES string of the molecule is CCOC(=O)C1CCCN(C(=NC)NCCCN2CCN(c3ncccn3)CC2)C1.I. The van der Waals surface area contributed by atoms with Crippen molar-refractivity contribution in [3.05, 3.63) is 18.5 Å². The van der Waals surface area contributed by atoms with Crippen molar-refractivity contribution >= 4 is 41.9 Å². The van der Waals surface area contributed by atoms with Gasteiger partial charge in [0.2, 0.25) is 5.95 Å². The first-order valence-corrected chi connectivity index (χ1v) is 11.1. The average Bonchev–Trinajstić information content (AvgIpc) is 2.80. The molecule has 2 fully saturated rings. The predicted octanol–water partition coefficient (Wildman–Crippen LogP) is 1.46. The second kappa shape index (κ2) is 13.7. The van der Waals surface area contributed by atoms with Crippen LogP contribution in [0.4, 0.5) is 5.95 Å². The van der Waals surface area contributed by atoms with Gasteiger partial charge in [0.1, 0.15) is 0 Å². The number of aromatic nitrogens is 2. The normalized spacial score (nSPS) is 20.2. The Bertz CT molecular complexity index is 684. The average molecular weight is 545 g/mol. The molecule has 1 aromatic heterocycles. The molecule has 3 rings (SSSR count). The molecule has 2 aliphatic rings. The maximum atomic E-state index is 12.1. The molecule has 1 aromatic rings. The highest BCUT2D eigenvalue weighted by Crippen LogP contribution is 2.18. The van der Waals surface area contributed by atoms with Crippen LogP contribution < -0.4 is 10.2 Å². The molecule has 0 saturated carbocycles. The third-order valence-corrected chi connectivity index (χ3v) is 5.69. The van der Waals surface area contributed by atoms with Gasteiger partial charge in [-0.25, -0.2) is 9.97 Å². The van der Waals surface area contributed by atoms with Crippen LogP contribution in [0.15, 0.2) is 23.5 Å². The fourth-order valence-corrected chi connectivity index (χ4v) is 4.08. The van der Waals surface area contributed by atoms with E-state index in [-0.39, 0.29) is 35.9 Å². The van der Waals surface area contributed by atoms with E-state index in [0.717, 1.165) is 77.0 Å². The number of carbonyl (C=O) groups excluding carboxylic acids is 1. The zero-order chi connectivity index (χ0) is 21.2. The molecule has 2 saturated heterocycles. The van der Waals surface area contributed by atoms with E-state index in [2.05, 4.69) is 35.0 Å². The molecule has 1 N–H and O–H groups in total. The molecule has 31 heavy (non-hydrogen) atoms. The zero-order valence-electron chi connectivity index (χ0n) is 18.7. The first kappa shape index (κ1) is 25.6. The first-order chi connectivity index (χ1) is 14.7. The molecule has 0 spiro atoms. The number of anilines is 1. The lowest BCUT2D eigenvalue weighted by Crippen LogP contribution is -2.49. The van der Waals surface area contributed by atoms with Crippen LogP contribution in [0.1, 0.15) is 26.2 Å². The number of esters is 1. The number of hydrogen-bond donors (Lipinski definition) is 1. The number of aliphatic imine (C=N–C) groups is 1. The van der Waals surface area contributed by atoms with Crippen molar-refractivity contribution in [1.29, 1.82) is 0 Å². The summed E-state index contributed by atoms with van der Waals surface area (Å²) in [6, 6.07) is 1.85. The summed E-state index contributed by atoms with van der Waals surface area (Å²) in [7, 11) is 1.81. The Hall–Kier alpha value is -1.69. The smallest absolute Gasteiger partial charge is 0.310 e. The minimum atomic E-state index is -0.0855. The van der Waals surface area contributed by atoms with Crippen LogP contribution >= 0.6 is 24.0 Å². The number of nitrogens with zero attached hydrogens (tertiary/aromatic N) is 6. The van der Waals surface area contributed by atoms with Crippen LogP contribution in [0, 0.1) is 5.92 Å². The van der Waals surface area contributed by atoms with E-state index in [4.69, 9.17) is 4.74 Å². The van der Waals surface area contributed by atoms with Gasteiger partial charge in [0.15, 0.2) is 5.96 Å². The molecule has 0 amide bonds. The second-order valence-corrected chi connectivity index (χ2v) is 7.74. The molecule has 1 unspecified atom stereocenters. The topological polar surface area (TPSA) is 86.2 Å². The zero-order valence-corrected chi connectivity index (χ0v) is 21.0. The van der Waals surface area contributed by atoms with Crippen LogP contribution in [0.2, 0.25) is 0 Å². The molecule has 174 valence electrons. The predicted molar refractivity (Wildman–Crippen MR) is 133 cm³/mol. The molecule has 0 aliphatic carbocycles. The van der Waals surface area contributed by atoms with Gasteiger partial charge in [0.25, 0.3) is 0 Å². The number of likely N-dealkylation sites (tertiary alicyclic amines) is 1. The van der Waals surface area contributed by atoms with Gasteiger partial charge in [-0.2, -0.15) is 0 Å². The highest BCUT2D eigenvalue weighted by molar-refractivity contribution is 14.0. The minimum absolute atomic E-state index is 0. The summed E-state index contributed by atoms with van der Waals surface area (Å²) >= 11 is 0. The summed E-state index contributed by atoms with van der Waals surface area (Å²) in [6.45, 7) is 9.81. The van der Waals surface area contributed by atoms with Crippen molar-refractivity contribution < 1.29 is 9.53 Å². The van der Waals surface area contributed by atoms with Crippen molar-refractivity contribution in [3.63, 3.8) is 0 Å². The number of piperidine rings is 1. The van der Waals surface area contributed by atoms with E-state index in [1.807, 2.05) is 13.0 Å². The summed E-state index contributed by atoms with van der Waals surface area (Å²) in [5.74, 6) is 1.57. The lowest BCUT2D eigenvalue weighted by Gasteiger charge is -2.35. The Morgan fingerprint density at radius 2 is 1.97 bits per heavy atom. The van der Waals surface area contributed by atoms with Gasteiger partial charge in [0, 0.05) is 65.3 Å². The molecule has 10 heteroatoms. The molecule has 2 aliphatic heterocycles. The van der Waals surface area contributed by atoms with Crippen LogP contribution in [0.5, 0.6) is 0 Å². The lowest BCUT2D eigenvalue weighted by molar-refractivity contribution is -0.149. The number of piperazine rings is 1. The van der Waals surface area contributed by atoms with Crippen molar-refractivity contribution in [2.24, 2.45) is 10.9 Å². The van der Waals surface area contributed by atoms with Crippen LogP contribution in [0.25, 0.3) is 0 Å². The van der Waals surface area contributed by atoms with Gasteiger partial charge in [-0.05, 0) is 38.8 Å². The number of rotatable bonds is 7. The Balaban J connectivity index is 0.00000341. The van der Waals surface area contributed by atoms with Crippen LogP contribution in [0.3, 0.4) is 0 Å². The van der Waals surface area contributed by atoms with Gasteiger partial charge in [-0.3, -0.25) is 14.7 Å². The van der Waals surface area contributed by atoms with E-state index in [9.17, 15) is 4.79 Å². The fourth-order valence-electron chi connectivity index (χ4n) is 4.08. The maximum absolute atomic E-state index is 12.1. The molecular formula is C21H36IN7O2. The quantitative estimate of drug-likeness (QED) is 0.181. The third-order valence-electron chi connectivity index (χ3n) is 5.69. The second-order valence-electron chi connectivity index (χ2n) is 7.74. The Morgan fingerprint density at radius 3 is 2.65 bits per heavy atom. The van der Waals surface area contributed by atoms with Crippen molar-refractivity contribution in [3.8, 4) is 0 Å².